The van der Waals surface area contributed by atoms with Gasteiger partial charge in [0.15, 0.2) is 5.96 Å². The molecule has 0 heterocycles. The Morgan fingerprint density at radius 3 is 2.43 bits per heavy atom. The molecule has 0 aliphatic heterocycles. The molecule has 0 saturated carbocycles. The lowest BCUT2D eigenvalue weighted by atomic mass is 10.1. The molecular formula is C15H27IN4O2S. The Kier molecular flexibility index (Phi) is 9.07. The van der Waals surface area contributed by atoms with Crippen LogP contribution in [0.4, 0.5) is 0 Å². The smallest absolute Gasteiger partial charge is 0.209 e. The Hall–Kier alpha value is -0.870. The van der Waals surface area contributed by atoms with E-state index in [-0.39, 0.29) is 24.0 Å². The monoisotopic (exact) mass is 454 g/mol. The number of rotatable bonds is 6. The van der Waals surface area contributed by atoms with Crippen molar-refractivity contribution < 1.29 is 8.42 Å². The van der Waals surface area contributed by atoms with Gasteiger partial charge >= 0.3 is 0 Å². The SMILES string of the molecule is CN=C(NCc1cccc(C)c1)NCC(C)(C)NS(C)(=O)=O.I. The molecule has 0 aliphatic rings. The molecule has 6 nitrogen and oxygen atoms in total. The minimum atomic E-state index is -3.25. The van der Waals surface area contributed by atoms with Crippen LogP contribution in [0.2, 0.25) is 0 Å². The number of halogens is 1. The number of aryl methyl sites for hydroxylation is 1. The maximum atomic E-state index is 11.3. The summed E-state index contributed by atoms with van der Waals surface area (Å²) >= 11 is 0. The number of hydrogen-bond acceptors (Lipinski definition) is 3. The van der Waals surface area contributed by atoms with Gasteiger partial charge in [-0.3, -0.25) is 4.99 Å². The van der Waals surface area contributed by atoms with Gasteiger partial charge in [0.1, 0.15) is 0 Å². The van der Waals surface area contributed by atoms with Crippen molar-refractivity contribution in [1.29, 1.82) is 0 Å². The number of nitrogens with one attached hydrogen (secondary N) is 3. The van der Waals surface area contributed by atoms with Crippen molar-refractivity contribution in [1.82, 2.24) is 15.4 Å². The number of hydrogen-bond donors (Lipinski definition) is 3. The average molecular weight is 454 g/mol. The van der Waals surface area contributed by atoms with E-state index in [0.717, 1.165) is 11.8 Å². The van der Waals surface area contributed by atoms with Crippen molar-refractivity contribution in [2.75, 3.05) is 19.8 Å². The van der Waals surface area contributed by atoms with E-state index in [2.05, 4.69) is 39.4 Å². The summed E-state index contributed by atoms with van der Waals surface area (Å²) in [5.74, 6) is 0.630. The van der Waals surface area contributed by atoms with Gasteiger partial charge in [-0.1, -0.05) is 29.8 Å². The number of sulfonamides is 1. The van der Waals surface area contributed by atoms with E-state index in [0.29, 0.717) is 19.0 Å². The van der Waals surface area contributed by atoms with Crippen LogP contribution in [0.3, 0.4) is 0 Å². The highest BCUT2D eigenvalue weighted by molar-refractivity contribution is 14.0. The number of benzene rings is 1. The lowest BCUT2D eigenvalue weighted by Crippen LogP contribution is -2.52. The number of nitrogens with zero attached hydrogens (tertiary/aromatic N) is 1. The maximum absolute atomic E-state index is 11.3. The molecule has 132 valence electrons. The molecular weight excluding hydrogens is 427 g/mol. The average Bonchev–Trinajstić information content (AvgIpc) is 2.36. The highest BCUT2D eigenvalue weighted by Gasteiger charge is 2.22. The first-order chi connectivity index (χ1) is 10.1. The molecule has 1 rings (SSSR count). The molecule has 3 N–H and O–H groups in total. The third kappa shape index (κ3) is 9.77. The van der Waals surface area contributed by atoms with Crippen molar-refractivity contribution in [2.24, 2.45) is 4.99 Å². The Bertz CT molecular complexity index is 630. The van der Waals surface area contributed by atoms with Crippen LogP contribution in [0.25, 0.3) is 0 Å². The summed E-state index contributed by atoms with van der Waals surface area (Å²) in [4.78, 5) is 4.14. The topological polar surface area (TPSA) is 82.6 Å². The van der Waals surface area contributed by atoms with E-state index in [1.54, 1.807) is 7.05 Å². The molecule has 0 bridgehead atoms. The van der Waals surface area contributed by atoms with Gasteiger partial charge in [-0.05, 0) is 26.3 Å². The second-order valence-electron chi connectivity index (χ2n) is 6.03. The highest BCUT2D eigenvalue weighted by Crippen LogP contribution is 2.04. The molecule has 8 heteroatoms. The van der Waals surface area contributed by atoms with Crippen molar-refractivity contribution in [3.05, 3.63) is 35.4 Å². The summed E-state index contributed by atoms with van der Waals surface area (Å²) < 4.78 is 25.2. The zero-order valence-electron chi connectivity index (χ0n) is 14.3. The van der Waals surface area contributed by atoms with Gasteiger partial charge in [-0.15, -0.1) is 24.0 Å². The fourth-order valence-electron chi connectivity index (χ4n) is 2.07. The van der Waals surface area contributed by atoms with Gasteiger partial charge < -0.3 is 10.6 Å². The van der Waals surface area contributed by atoms with Crippen LogP contribution in [0.5, 0.6) is 0 Å². The molecule has 0 spiro atoms. The predicted molar refractivity (Wildman–Crippen MR) is 107 cm³/mol. The Morgan fingerprint density at radius 2 is 1.91 bits per heavy atom. The maximum Gasteiger partial charge on any atom is 0.209 e. The van der Waals surface area contributed by atoms with E-state index < -0.39 is 15.6 Å². The van der Waals surface area contributed by atoms with Gasteiger partial charge in [0.05, 0.1) is 6.26 Å². The van der Waals surface area contributed by atoms with Crippen molar-refractivity contribution in [3.8, 4) is 0 Å². The quantitative estimate of drug-likeness (QED) is 0.347. The first-order valence-corrected chi connectivity index (χ1v) is 8.99. The summed E-state index contributed by atoms with van der Waals surface area (Å²) in [5.41, 5.74) is 1.77. The summed E-state index contributed by atoms with van der Waals surface area (Å²) in [5, 5.41) is 6.34. The second-order valence-corrected chi connectivity index (χ2v) is 7.77. The molecule has 0 aliphatic carbocycles. The third-order valence-electron chi connectivity index (χ3n) is 2.93. The summed E-state index contributed by atoms with van der Waals surface area (Å²) in [7, 11) is -1.56. The molecule has 0 radical (unpaired) electrons. The highest BCUT2D eigenvalue weighted by atomic mass is 127. The van der Waals surface area contributed by atoms with Gasteiger partial charge in [0.25, 0.3) is 0 Å². The van der Waals surface area contributed by atoms with Crippen LogP contribution >= 0.6 is 24.0 Å². The predicted octanol–water partition coefficient (Wildman–Crippen LogP) is 1.61. The molecule has 0 fully saturated rings. The van der Waals surface area contributed by atoms with E-state index in [1.807, 2.05) is 26.0 Å². The van der Waals surface area contributed by atoms with Gasteiger partial charge in [-0.25, -0.2) is 13.1 Å². The second kappa shape index (κ2) is 9.43. The van der Waals surface area contributed by atoms with Gasteiger partial charge in [-0.2, -0.15) is 0 Å². The minimum Gasteiger partial charge on any atom is -0.355 e. The number of guanidine groups is 1. The zero-order valence-corrected chi connectivity index (χ0v) is 17.5. The lowest BCUT2D eigenvalue weighted by Gasteiger charge is -2.26. The number of aliphatic imine (C=N–C) groups is 1. The van der Waals surface area contributed by atoms with Crippen LogP contribution in [0.1, 0.15) is 25.0 Å². The molecule has 0 atom stereocenters. The van der Waals surface area contributed by atoms with Crippen molar-refractivity contribution in [2.45, 2.75) is 32.9 Å². The van der Waals surface area contributed by atoms with Gasteiger partial charge in [0.2, 0.25) is 10.0 Å². The Labute approximate surface area is 156 Å². The van der Waals surface area contributed by atoms with E-state index in [9.17, 15) is 8.42 Å². The molecule has 1 aromatic rings. The van der Waals surface area contributed by atoms with Gasteiger partial charge in [0, 0.05) is 25.7 Å². The summed E-state index contributed by atoms with van der Waals surface area (Å²) in [6.07, 6.45) is 1.15. The van der Waals surface area contributed by atoms with Crippen molar-refractivity contribution >= 4 is 40.0 Å². The molecule has 1 aromatic carbocycles. The first-order valence-electron chi connectivity index (χ1n) is 7.10. The third-order valence-corrected chi connectivity index (χ3v) is 3.85. The van der Waals surface area contributed by atoms with Crippen LogP contribution < -0.4 is 15.4 Å². The van der Waals surface area contributed by atoms with E-state index in [1.165, 1.54) is 5.56 Å². The van der Waals surface area contributed by atoms with E-state index >= 15 is 0 Å². The fraction of sp³-hybridized carbons (Fsp3) is 0.533. The molecule has 0 unspecified atom stereocenters. The Morgan fingerprint density at radius 1 is 1.26 bits per heavy atom. The largest absolute Gasteiger partial charge is 0.355 e. The van der Waals surface area contributed by atoms with Crippen LogP contribution in [0.15, 0.2) is 29.3 Å². The fourth-order valence-corrected chi connectivity index (χ4v) is 3.15. The van der Waals surface area contributed by atoms with E-state index in [4.69, 9.17) is 0 Å². The van der Waals surface area contributed by atoms with Crippen LogP contribution in [-0.2, 0) is 16.6 Å². The van der Waals surface area contributed by atoms with Crippen molar-refractivity contribution in [3.63, 3.8) is 0 Å². The lowest BCUT2D eigenvalue weighted by molar-refractivity contribution is 0.446. The normalized spacial score (nSPS) is 12.5. The molecule has 0 aromatic heterocycles. The molecule has 0 saturated heterocycles. The summed E-state index contributed by atoms with van der Waals surface area (Å²) in [6, 6.07) is 8.22. The summed E-state index contributed by atoms with van der Waals surface area (Å²) in [6.45, 7) is 6.76. The molecule has 23 heavy (non-hydrogen) atoms. The van der Waals surface area contributed by atoms with Crippen LogP contribution in [-0.4, -0.2) is 39.8 Å². The zero-order chi connectivity index (χ0) is 16.8. The molecule has 0 amide bonds. The standard InChI is InChI=1S/C15H26N4O2S.HI/c1-12-7-6-8-13(9-12)10-17-14(16-4)18-11-15(2,3)19-22(5,20)21;/h6-9,19H,10-11H2,1-5H3,(H2,16,17,18);1H. The minimum absolute atomic E-state index is 0. The first kappa shape index (κ1) is 22.1. The Balaban J connectivity index is 0.00000484. The van der Waals surface area contributed by atoms with Crippen LogP contribution in [0, 0.1) is 6.92 Å².